The molecule has 0 saturated heterocycles. The monoisotopic (exact) mass is 394 g/mol. The molecule has 1 amide bonds. The molecular formula is C20H18N4O3S. The van der Waals surface area contributed by atoms with E-state index < -0.39 is 11.2 Å². The number of hydrogen-bond acceptors (Lipinski definition) is 5. The number of carbonyl (C=O) groups is 1. The summed E-state index contributed by atoms with van der Waals surface area (Å²) in [4.78, 5) is 42.7. The van der Waals surface area contributed by atoms with Gasteiger partial charge in [0, 0.05) is 19.1 Å². The fourth-order valence-corrected chi connectivity index (χ4v) is 4.45. The molecule has 1 aromatic carbocycles. The molecule has 0 spiro atoms. The Hall–Kier alpha value is -3.00. The smallest absolute Gasteiger partial charge is 0.329 e. The van der Waals surface area contributed by atoms with E-state index in [1.165, 1.54) is 15.7 Å². The Morgan fingerprint density at radius 2 is 1.96 bits per heavy atom. The van der Waals surface area contributed by atoms with Crippen molar-refractivity contribution in [2.24, 2.45) is 0 Å². The molecule has 28 heavy (non-hydrogen) atoms. The van der Waals surface area contributed by atoms with Gasteiger partial charge in [-0.2, -0.15) is 4.37 Å². The van der Waals surface area contributed by atoms with Gasteiger partial charge in [0.15, 0.2) is 5.52 Å². The van der Waals surface area contributed by atoms with Gasteiger partial charge in [0.1, 0.15) is 4.88 Å². The van der Waals surface area contributed by atoms with Crippen LogP contribution in [0.15, 0.2) is 46.0 Å². The summed E-state index contributed by atoms with van der Waals surface area (Å²) >= 11 is 0.980. The number of benzene rings is 1. The van der Waals surface area contributed by atoms with Crippen LogP contribution in [0.2, 0.25) is 0 Å². The first-order valence-electron chi connectivity index (χ1n) is 9.31. The van der Waals surface area contributed by atoms with Gasteiger partial charge in [0.25, 0.3) is 11.5 Å². The predicted molar refractivity (Wildman–Crippen MR) is 108 cm³/mol. The number of hydrogen-bond donors (Lipinski definition) is 1. The molecule has 1 aliphatic heterocycles. The minimum atomic E-state index is -0.459. The number of H-pyrrole nitrogens is 1. The molecule has 0 radical (unpaired) electrons. The van der Waals surface area contributed by atoms with Crippen molar-refractivity contribution >= 4 is 34.0 Å². The Kier molecular flexibility index (Phi) is 4.01. The van der Waals surface area contributed by atoms with Crippen molar-refractivity contribution in [3.63, 3.8) is 0 Å². The van der Waals surface area contributed by atoms with Crippen LogP contribution in [0.25, 0.3) is 16.6 Å². The number of aromatic nitrogens is 3. The van der Waals surface area contributed by atoms with Crippen LogP contribution in [0, 0.1) is 0 Å². The minimum absolute atomic E-state index is 0.0369. The number of fused-ring (bicyclic) bond motifs is 1. The highest BCUT2D eigenvalue weighted by molar-refractivity contribution is 7.09. The first-order chi connectivity index (χ1) is 13.6. The topological polar surface area (TPSA) is 88.1 Å². The Morgan fingerprint density at radius 1 is 1.18 bits per heavy atom. The first kappa shape index (κ1) is 17.1. The molecule has 2 aromatic heterocycles. The molecule has 1 fully saturated rings. The van der Waals surface area contributed by atoms with Gasteiger partial charge in [-0.05, 0) is 41.9 Å². The van der Waals surface area contributed by atoms with Crippen LogP contribution in [0.4, 0.5) is 0 Å². The number of nitrogens with one attached hydrogen (secondary N) is 1. The Balaban J connectivity index is 1.45. The quantitative estimate of drug-likeness (QED) is 0.739. The molecule has 3 heterocycles. The Labute approximate surface area is 164 Å². The lowest BCUT2D eigenvalue weighted by Crippen LogP contribution is -2.36. The molecule has 0 atom stereocenters. The SMILES string of the molecule is O=C(c1snc2c(=O)n(C3CC3)c(=O)[nH]c12)N1CC=C(c2ccccc2)CC1. The number of aromatic amines is 1. The van der Waals surface area contributed by atoms with Crippen molar-refractivity contribution in [1.29, 1.82) is 0 Å². The Bertz CT molecular complexity index is 1220. The molecule has 1 saturated carbocycles. The molecule has 0 bridgehead atoms. The van der Waals surface area contributed by atoms with Crippen molar-refractivity contribution in [2.75, 3.05) is 13.1 Å². The van der Waals surface area contributed by atoms with Crippen molar-refractivity contribution in [3.8, 4) is 0 Å². The highest BCUT2D eigenvalue weighted by Gasteiger charge is 2.30. The second kappa shape index (κ2) is 6.56. The zero-order valence-electron chi connectivity index (χ0n) is 15.1. The summed E-state index contributed by atoms with van der Waals surface area (Å²) in [5, 5.41) is 0. The van der Waals surface area contributed by atoms with Crippen molar-refractivity contribution in [1.82, 2.24) is 18.8 Å². The maximum Gasteiger partial charge on any atom is 0.329 e. The summed E-state index contributed by atoms with van der Waals surface area (Å²) in [7, 11) is 0. The lowest BCUT2D eigenvalue weighted by atomic mass is 9.99. The fraction of sp³-hybridized carbons (Fsp3) is 0.300. The number of rotatable bonds is 3. The normalized spacial score (nSPS) is 17.0. The van der Waals surface area contributed by atoms with E-state index in [0.29, 0.717) is 18.0 Å². The van der Waals surface area contributed by atoms with E-state index in [4.69, 9.17) is 0 Å². The summed E-state index contributed by atoms with van der Waals surface area (Å²) in [6.07, 6.45) is 4.48. The van der Waals surface area contributed by atoms with E-state index in [1.54, 1.807) is 4.90 Å². The molecule has 142 valence electrons. The van der Waals surface area contributed by atoms with E-state index in [-0.39, 0.29) is 23.0 Å². The van der Waals surface area contributed by atoms with Gasteiger partial charge in [0.2, 0.25) is 0 Å². The molecule has 3 aromatic rings. The van der Waals surface area contributed by atoms with Crippen LogP contribution >= 0.6 is 11.5 Å². The standard InChI is InChI=1S/C20H18N4O3S/c25-18-16-15(21-20(27)24(18)14-6-7-14)17(28-22-16)19(26)23-10-8-13(9-11-23)12-4-2-1-3-5-12/h1-5,8,14H,6-7,9-11H2,(H,21,27). The van der Waals surface area contributed by atoms with Gasteiger partial charge in [-0.3, -0.25) is 14.2 Å². The van der Waals surface area contributed by atoms with Gasteiger partial charge in [-0.25, -0.2) is 4.79 Å². The van der Waals surface area contributed by atoms with Gasteiger partial charge >= 0.3 is 5.69 Å². The number of amides is 1. The fourth-order valence-electron chi connectivity index (χ4n) is 3.65. The third kappa shape index (κ3) is 2.80. The molecule has 7 nitrogen and oxygen atoms in total. The highest BCUT2D eigenvalue weighted by Crippen LogP contribution is 2.32. The zero-order chi connectivity index (χ0) is 19.3. The van der Waals surface area contributed by atoms with Crippen molar-refractivity contribution < 1.29 is 4.79 Å². The van der Waals surface area contributed by atoms with Crippen LogP contribution in [0.1, 0.15) is 40.5 Å². The lowest BCUT2D eigenvalue weighted by Gasteiger charge is -2.26. The summed E-state index contributed by atoms with van der Waals surface area (Å²) < 4.78 is 5.41. The zero-order valence-corrected chi connectivity index (χ0v) is 15.9. The summed E-state index contributed by atoms with van der Waals surface area (Å²) in [6.45, 7) is 1.08. The molecule has 1 N–H and O–H groups in total. The maximum atomic E-state index is 13.0. The van der Waals surface area contributed by atoms with E-state index in [9.17, 15) is 14.4 Å². The van der Waals surface area contributed by atoms with Gasteiger partial charge in [-0.1, -0.05) is 36.4 Å². The molecule has 5 rings (SSSR count). The third-order valence-corrected chi connectivity index (χ3v) is 6.15. The van der Waals surface area contributed by atoms with E-state index in [1.807, 2.05) is 18.2 Å². The average molecular weight is 394 g/mol. The highest BCUT2D eigenvalue weighted by atomic mass is 32.1. The largest absolute Gasteiger partial charge is 0.334 e. The summed E-state index contributed by atoms with van der Waals surface area (Å²) in [5.41, 5.74) is 1.97. The van der Waals surface area contributed by atoms with Crippen molar-refractivity contribution in [2.45, 2.75) is 25.3 Å². The maximum absolute atomic E-state index is 13.0. The van der Waals surface area contributed by atoms with Crippen LogP contribution < -0.4 is 11.2 Å². The molecular weight excluding hydrogens is 376 g/mol. The van der Waals surface area contributed by atoms with E-state index in [2.05, 4.69) is 27.6 Å². The Morgan fingerprint density at radius 3 is 2.64 bits per heavy atom. The van der Waals surface area contributed by atoms with Crippen LogP contribution in [-0.4, -0.2) is 37.8 Å². The average Bonchev–Trinajstić information content (AvgIpc) is 3.47. The third-order valence-electron chi connectivity index (χ3n) is 5.31. The lowest BCUT2D eigenvalue weighted by molar-refractivity contribution is 0.0779. The van der Waals surface area contributed by atoms with Crippen LogP contribution in [0.3, 0.4) is 0 Å². The number of carbonyl (C=O) groups excluding carboxylic acids is 1. The van der Waals surface area contributed by atoms with Crippen LogP contribution in [0.5, 0.6) is 0 Å². The minimum Gasteiger partial charge on any atom is -0.334 e. The molecule has 8 heteroatoms. The second-order valence-corrected chi connectivity index (χ2v) is 7.94. The summed E-state index contributed by atoms with van der Waals surface area (Å²) in [6, 6.07) is 10.1. The molecule has 0 unspecified atom stereocenters. The van der Waals surface area contributed by atoms with Crippen molar-refractivity contribution in [3.05, 3.63) is 67.7 Å². The van der Waals surface area contributed by atoms with Crippen LogP contribution in [-0.2, 0) is 0 Å². The number of nitrogens with zero attached hydrogens (tertiary/aromatic N) is 3. The van der Waals surface area contributed by atoms with Gasteiger partial charge in [-0.15, -0.1) is 0 Å². The molecule has 2 aliphatic rings. The first-order valence-corrected chi connectivity index (χ1v) is 10.1. The van der Waals surface area contributed by atoms with Gasteiger partial charge in [0.05, 0.1) is 5.52 Å². The van der Waals surface area contributed by atoms with Gasteiger partial charge < -0.3 is 9.88 Å². The summed E-state index contributed by atoms with van der Waals surface area (Å²) in [5.74, 6) is -0.199. The second-order valence-electron chi connectivity index (χ2n) is 7.17. The molecule has 1 aliphatic carbocycles. The predicted octanol–water partition coefficient (Wildman–Crippen LogP) is 2.41. The van der Waals surface area contributed by atoms with E-state index in [0.717, 1.165) is 30.8 Å². The van der Waals surface area contributed by atoms with E-state index >= 15 is 0 Å².